The first-order valence-corrected chi connectivity index (χ1v) is 11.6. The van der Waals surface area contributed by atoms with E-state index in [4.69, 9.17) is 9.47 Å². The molecule has 0 bridgehead atoms. The predicted octanol–water partition coefficient (Wildman–Crippen LogP) is 3.99. The molecule has 34 heavy (non-hydrogen) atoms. The fourth-order valence-electron chi connectivity index (χ4n) is 4.02. The lowest BCUT2D eigenvalue weighted by atomic mass is 9.88. The molecule has 1 aromatic heterocycles. The lowest BCUT2D eigenvalue weighted by molar-refractivity contribution is -0.116. The lowest BCUT2D eigenvalue weighted by Crippen LogP contribution is -2.46. The van der Waals surface area contributed by atoms with E-state index in [0.717, 1.165) is 16.7 Å². The molecule has 0 saturated heterocycles. The van der Waals surface area contributed by atoms with Crippen molar-refractivity contribution in [3.05, 3.63) is 70.5 Å². The molecule has 10 heteroatoms. The SMILES string of the molecule is COc1cc2c(cc1OC)C(c1ccc(F)cc1)N(C(=O)NCCC(=O)Nc1nccs1)CC2. The number of hydrogen-bond donors (Lipinski definition) is 2. The molecule has 178 valence electrons. The third kappa shape index (κ3) is 5.12. The van der Waals surface area contributed by atoms with Gasteiger partial charge in [-0.25, -0.2) is 14.2 Å². The number of amides is 3. The maximum Gasteiger partial charge on any atom is 0.318 e. The Balaban J connectivity index is 1.54. The van der Waals surface area contributed by atoms with E-state index in [1.165, 1.54) is 23.5 Å². The minimum Gasteiger partial charge on any atom is -0.493 e. The van der Waals surface area contributed by atoms with Crippen LogP contribution in [-0.2, 0) is 11.2 Å². The van der Waals surface area contributed by atoms with Crippen LogP contribution >= 0.6 is 11.3 Å². The highest BCUT2D eigenvalue weighted by atomic mass is 32.1. The molecule has 3 aromatic rings. The Bertz CT molecular complexity index is 1150. The third-order valence-corrected chi connectivity index (χ3v) is 6.32. The van der Waals surface area contributed by atoms with E-state index in [1.54, 1.807) is 42.8 Å². The number of thiazole rings is 1. The minimum absolute atomic E-state index is 0.113. The van der Waals surface area contributed by atoms with Crippen LogP contribution in [0.4, 0.5) is 14.3 Å². The summed E-state index contributed by atoms with van der Waals surface area (Å²) in [6.07, 6.45) is 2.34. The van der Waals surface area contributed by atoms with Gasteiger partial charge in [0.1, 0.15) is 5.82 Å². The molecule has 1 aliphatic heterocycles. The van der Waals surface area contributed by atoms with E-state index in [-0.39, 0.29) is 30.7 Å². The van der Waals surface area contributed by atoms with Gasteiger partial charge in [0.2, 0.25) is 5.91 Å². The fraction of sp³-hybridized carbons (Fsp3) is 0.292. The van der Waals surface area contributed by atoms with Crippen LogP contribution in [0.5, 0.6) is 11.5 Å². The summed E-state index contributed by atoms with van der Waals surface area (Å²) >= 11 is 1.33. The van der Waals surface area contributed by atoms with Crippen molar-refractivity contribution in [1.82, 2.24) is 15.2 Å². The van der Waals surface area contributed by atoms with Gasteiger partial charge in [0.25, 0.3) is 0 Å². The quantitative estimate of drug-likeness (QED) is 0.529. The van der Waals surface area contributed by atoms with Crippen molar-refractivity contribution >= 4 is 28.4 Å². The number of nitrogens with one attached hydrogen (secondary N) is 2. The van der Waals surface area contributed by atoms with Crippen molar-refractivity contribution in [2.45, 2.75) is 18.9 Å². The van der Waals surface area contributed by atoms with E-state index in [0.29, 0.717) is 29.6 Å². The minimum atomic E-state index is -0.451. The van der Waals surface area contributed by atoms with Crippen molar-refractivity contribution in [3.63, 3.8) is 0 Å². The fourth-order valence-corrected chi connectivity index (χ4v) is 4.57. The van der Waals surface area contributed by atoms with Gasteiger partial charge in [0.15, 0.2) is 16.6 Å². The molecular weight excluding hydrogens is 459 g/mol. The summed E-state index contributed by atoms with van der Waals surface area (Å²) in [6, 6.07) is 9.13. The highest BCUT2D eigenvalue weighted by Gasteiger charge is 2.33. The van der Waals surface area contributed by atoms with Crippen LogP contribution in [0.3, 0.4) is 0 Å². The number of benzene rings is 2. The first-order valence-electron chi connectivity index (χ1n) is 10.7. The summed E-state index contributed by atoms with van der Waals surface area (Å²) in [4.78, 5) is 31.0. The van der Waals surface area contributed by atoms with Gasteiger partial charge >= 0.3 is 6.03 Å². The largest absolute Gasteiger partial charge is 0.493 e. The average molecular weight is 485 g/mol. The van der Waals surface area contributed by atoms with Gasteiger partial charge in [-0.2, -0.15) is 0 Å². The summed E-state index contributed by atoms with van der Waals surface area (Å²) in [7, 11) is 3.14. The number of ether oxygens (including phenoxy) is 2. The monoisotopic (exact) mass is 484 g/mol. The van der Waals surface area contributed by atoms with Gasteiger partial charge in [0.05, 0.1) is 20.3 Å². The first kappa shape index (κ1) is 23.5. The molecule has 4 rings (SSSR count). The van der Waals surface area contributed by atoms with E-state index in [9.17, 15) is 14.0 Å². The molecule has 8 nitrogen and oxygen atoms in total. The van der Waals surface area contributed by atoms with Crippen LogP contribution in [0.2, 0.25) is 0 Å². The zero-order valence-corrected chi connectivity index (χ0v) is 19.7. The number of carbonyl (C=O) groups excluding carboxylic acids is 2. The Morgan fingerprint density at radius 3 is 2.59 bits per heavy atom. The standard InChI is InChI=1S/C24H25FN4O4S/c1-32-19-13-16-8-11-29(24(31)27-9-7-21(30)28-23-26-10-12-34-23)22(18(16)14-20(19)33-2)15-3-5-17(25)6-4-15/h3-6,10,12-14,22H,7-9,11H2,1-2H3,(H,27,31)(H,26,28,30). The second-order valence-corrected chi connectivity index (χ2v) is 8.57. The normalized spacial score (nSPS) is 14.8. The molecule has 0 radical (unpaired) electrons. The zero-order valence-electron chi connectivity index (χ0n) is 18.8. The maximum absolute atomic E-state index is 13.6. The molecule has 0 fully saturated rings. The highest BCUT2D eigenvalue weighted by molar-refractivity contribution is 7.13. The number of hydrogen-bond acceptors (Lipinski definition) is 6. The van der Waals surface area contributed by atoms with Crippen molar-refractivity contribution < 1.29 is 23.5 Å². The second-order valence-electron chi connectivity index (χ2n) is 7.67. The number of carbonyl (C=O) groups is 2. The average Bonchev–Trinajstić information content (AvgIpc) is 3.35. The Hall–Kier alpha value is -3.66. The topological polar surface area (TPSA) is 92.8 Å². The van der Waals surface area contributed by atoms with Crippen molar-refractivity contribution in [2.75, 3.05) is 32.6 Å². The van der Waals surface area contributed by atoms with Gasteiger partial charge in [-0.05, 0) is 47.4 Å². The zero-order chi connectivity index (χ0) is 24.1. The van der Waals surface area contributed by atoms with Crippen LogP contribution in [0.15, 0.2) is 48.0 Å². The summed E-state index contributed by atoms with van der Waals surface area (Å²) in [5.74, 6) is 0.582. The van der Waals surface area contributed by atoms with Gasteiger partial charge in [-0.3, -0.25) is 4.79 Å². The Kier molecular flexibility index (Phi) is 7.27. The van der Waals surface area contributed by atoms with E-state index < -0.39 is 6.04 Å². The molecule has 2 aromatic carbocycles. The van der Waals surface area contributed by atoms with Crippen molar-refractivity contribution in [3.8, 4) is 11.5 Å². The van der Waals surface area contributed by atoms with Crippen LogP contribution in [-0.4, -0.2) is 49.1 Å². The second kappa shape index (κ2) is 10.5. The molecule has 2 heterocycles. The molecule has 1 atom stereocenters. The van der Waals surface area contributed by atoms with E-state index in [2.05, 4.69) is 15.6 Å². The highest BCUT2D eigenvalue weighted by Crippen LogP contribution is 2.41. The summed E-state index contributed by atoms with van der Waals surface area (Å²) in [5, 5.41) is 7.82. The number of anilines is 1. The molecular formula is C24H25FN4O4S. The van der Waals surface area contributed by atoms with Gasteiger partial charge < -0.3 is 25.0 Å². The Morgan fingerprint density at radius 2 is 1.91 bits per heavy atom. The molecule has 1 unspecified atom stereocenters. The molecule has 0 aliphatic carbocycles. The number of nitrogens with zero attached hydrogens (tertiary/aromatic N) is 2. The third-order valence-electron chi connectivity index (χ3n) is 5.63. The molecule has 1 aliphatic rings. The smallest absolute Gasteiger partial charge is 0.318 e. The summed E-state index contributed by atoms with van der Waals surface area (Å²) in [5.41, 5.74) is 2.68. The van der Waals surface area contributed by atoms with Crippen LogP contribution < -0.4 is 20.1 Å². The van der Waals surface area contributed by atoms with E-state index in [1.807, 2.05) is 12.1 Å². The number of fused-ring (bicyclic) bond motifs is 1. The molecule has 2 N–H and O–H groups in total. The first-order chi connectivity index (χ1) is 16.5. The summed E-state index contributed by atoms with van der Waals surface area (Å²) in [6.45, 7) is 0.614. The van der Waals surface area contributed by atoms with Gasteiger partial charge in [0, 0.05) is 31.1 Å². The van der Waals surface area contributed by atoms with Crippen molar-refractivity contribution in [2.24, 2.45) is 0 Å². The Morgan fingerprint density at radius 1 is 1.18 bits per heavy atom. The summed E-state index contributed by atoms with van der Waals surface area (Å²) < 4.78 is 24.5. The molecule has 0 saturated carbocycles. The number of halogens is 1. The van der Waals surface area contributed by atoms with Crippen molar-refractivity contribution in [1.29, 1.82) is 0 Å². The predicted molar refractivity (Wildman–Crippen MR) is 127 cm³/mol. The number of urea groups is 1. The van der Waals surface area contributed by atoms with E-state index >= 15 is 0 Å². The lowest BCUT2D eigenvalue weighted by Gasteiger charge is -2.38. The number of rotatable bonds is 7. The van der Waals surface area contributed by atoms with Crippen LogP contribution in [0.1, 0.15) is 29.2 Å². The van der Waals surface area contributed by atoms with Gasteiger partial charge in [-0.1, -0.05) is 12.1 Å². The maximum atomic E-state index is 13.6. The molecule has 3 amide bonds. The van der Waals surface area contributed by atoms with Gasteiger partial charge in [-0.15, -0.1) is 11.3 Å². The van der Waals surface area contributed by atoms with Crippen LogP contribution in [0.25, 0.3) is 0 Å². The Labute approximate surface area is 200 Å². The number of methoxy groups -OCH3 is 2. The van der Waals surface area contributed by atoms with Crippen LogP contribution in [0, 0.1) is 5.82 Å². The molecule has 0 spiro atoms. The number of aromatic nitrogens is 1.